The first kappa shape index (κ1) is 19.8. The molecule has 34 heavy (non-hydrogen) atoms. The molecule has 0 unspecified atom stereocenters. The van der Waals surface area contributed by atoms with Gasteiger partial charge in [-0.25, -0.2) is 4.39 Å². The van der Waals surface area contributed by atoms with Crippen molar-refractivity contribution in [1.82, 2.24) is 0 Å². The number of benzene rings is 4. The lowest BCUT2D eigenvalue weighted by Crippen LogP contribution is -1.98. The number of hydrogen-bond acceptors (Lipinski definition) is 3. The molecule has 0 atom stereocenters. The van der Waals surface area contributed by atoms with Crippen LogP contribution in [0.15, 0.2) is 82.9 Å². The number of nitriles is 1. The van der Waals surface area contributed by atoms with Crippen molar-refractivity contribution in [1.29, 1.82) is 5.26 Å². The minimum absolute atomic E-state index is 0.239. The van der Waals surface area contributed by atoms with Crippen molar-refractivity contribution in [2.45, 2.75) is 6.92 Å². The molecule has 0 aliphatic rings. The Labute approximate surface area is 193 Å². The second-order valence-electron chi connectivity index (χ2n) is 8.32. The third kappa shape index (κ3) is 2.75. The highest BCUT2D eigenvalue weighted by Crippen LogP contribution is 2.34. The lowest BCUT2D eigenvalue weighted by molar-refractivity contribution is 0.619. The number of nitrogens with zero attached hydrogens (tertiary/aromatic N) is 4. The molecule has 6 aromatic rings. The van der Waals surface area contributed by atoms with Crippen LogP contribution in [0.4, 0.5) is 4.39 Å². The molecule has 5 heteroatoms. The topological polar surface area (TPSA) is 52.9 Å². The lowest BCUT2D eigenvalue weighted by atomic mass is 10.0. The molecular formula is C29H15FN4. The van der Waals surface area contributed by atoms with Gasteiger partial charge in [-0.1, -0.05) is 42.5 Å². The van der Waals surface area contributed by atoms with E-state index in [4.69, 9.17) is 6.57 Å². The first-order valence-electron chi connectivity index (χ1n) is 10.7. The molecule has 0 saturated carbocycles. The predicted octanol–water partition coefficient (Wildman–Crippen LogP) is 6.41. The quantitative estimate of drug-likeness (QED) is 0.166. The molecule has 4 nitrogen and oxygen atoms in total. The van der Waals surface area contributed by atoms with E-state index in [9.17, 15) is 9.65 Å². The highest BCUT2D eigenvalue weighted by atomic mass is 19.1. The Hall–Kier alpha value is -4.87. The molecule has 6 aromatic carbocycles. The Morgan fingerprint density at radius 2 is 1.35 bits per heavy atom. The van der Waals surface area contributed by atoms with Gasteiger partial charge in [0.1, 0.15) is 5.82 Å². The van der Waals surface area contributed by atoms with Crippen molar-refractivity contribution < 1.29 is 4.39 Å². The molecule has 0 amide bonds. The van der Waals surface area contributed by atoms with E-state index in [-0.39, 0.29) is 5.82 Å². The van der Waals surface area contributed by atoms with E-state index in [0.717, 1.165) is 54.2 Å². The van der Waals surface area contributed by atoms with E-state index in [1.807, 2.05) is 60.8 Å². The summed E-state index contributed by atoms with van der Waals surface area (Å²) in [6.07, 6.45) is 1.94. The van der Waals surface area contributed by atoms with E-state index in [1.54, 1.807) is 13.0 Å². The maximum Gasteiger partial charge on any atom is 0.206 e. The van der Waals surface area contributed by atoms with Crippen LogP contribution in [0.2, 0.25) is 0 Å². The second kappa shape index (κ2) is 7.33. The molecular weight excluding hydrogens is 423 g/mol. The Morgan fingerprint density at radius 1 is 0.735 bits per heavy atom. The Kier molecular flexibility index (Phi) is 4.27. The van der Waals surface area contributed by atoms with Crippen molar-refractivity contribution in [2.24, 2.45) is 10.1 Å². The summed E-state index contributed by atoms with van der Waals surface area (Å²) >= 11 is 0. The summed E-state index contributed by atoms with van der Waals surface area (Å²) in [5.74, 6) is -0.239. The van der Waals surface area contributed by atoms with E-state index in [1.165, 1.54) is 6.07 Å². The van der Waals surface area contributed by atoms with Crippen molar-refractivity contribution in [2.75, 3.05) is 0 Å². The van der Waals surface area contributed by atoms with Crippen molar-refractivity contribution >= 4 is 43.1 Å². The standard InChI is InChI=1S/C29H15FN4/c1-16-11-17(8-10-27(16)30)18-7-9-20-23-13-25-22(14-26(23)29(34-32-2)24(20)12-18)19-5-3-4-6-21(19)28(25)33-15-31/h3-14H,1H3/b33-28?,34-29+. The van der Waals surface area contributed by atoms with Crippen molar-refractivity contribution in [3.8, 4) is 17.3 Å². The summed E-state index contributed by atoms with van der Waals surface area (Å²) in [6.45, 7) is 9.16. The summed E-state index contributed by atoms with van der Waals surface area (Å²) in [7, 11) is 0. The molecule has 0 bridgehead atoms. The molecule has 0 heterocycles. The molecule has 0 saturated heterocycles. The second-order valence-corrected chi connectivity index (χ2v) is 8.32. The van der Waals surface area contributed by atoms with E-state index < -0.39 is 0 Å². The predicted molar refractivity (Wildman–Crippen MR) is 132 cm³/mol. The lowest BCUT2D eigenvalue weighted by Gasteiger charge is -2.04. The SMILES string of the molecule is [C-]#[N+]/N=c1\c2cc(-c3ccc(F)c(C)c3)ccc2c2cc3c(=NC#N)c4ccccc4c3cc12. The molecule has 0 aliphatic heterocycles. The smallest absolute Gasteiger partial charge is 0.206 e. The zero-order valence-electron chi connectivity index (χ0n) is 18.1. The van der Waals surface area contributed by atoms with Gasteiger partial charge in [-0.05, 0) is 75.5 Å². The molecule has 6 rings (SSSR count). The van der Waals surface area contributed by atoms with Gasteiger partial charge in [0.25, 0.3) is 0 Å². The van der Waals surface area contributed by atoms with Crippen LogP contribution in [0.25, 0.3) is 59.2 Å². The molecule has 0 spiro atoms. The van der Waals surface area contributed by atoms with Crippen molar-refractivity contribution in [3.05, 3.63) is 106 Å². The van der Waals surface area contributed by atoms with E-state index >= 15 is 0 Å². The number of halogens is 1. The van der Waals surface area contributed by atoms with Gasteiger partial charge in [0.05, 0.1) is 10.5 Å². The highest BCUT2D eigenvalue weighted by molar-refractivity contribution is 6.21. The number of hydrogen-bond donors (Lipinski definition) is 0. The van der Waals surface area contributed by atoms with Gasteiger partial charge in [-0.15, -0.1) is 4.95 Å². The largest absolute Gasteiger partial charge is 0.207 e. The van der Waals surface area contributed by atoms with Crippen molar-refractivity contribution in [3.63, 3.8) is 0 Å². The van der Waals surface area contributed by atoms with Gasteiger partial charge in [-0.2, -0.15) is 16.8 Å². The van der Waals surface area contributed by atoms with Crippen LogP contribution in [-0.2, 0) is 0 Å². The Balaban J connectivity index is 1.76. The van der Waals surface area contributed by atoms with Gasteiger partial charge in [-0.3, -0.25) is 0 Å². The maximum atomic E-state index is 13.8. The van der Waals surface area contributed by atoms with Gasteiger partial charge >= 0.3 is 0 Å². The summed E-state index contributed by atoms with van der Waals surface area (Å²) in [4.78, 5) is 7.47. The summed E-state index contributed by atoms with van der Waals surface area (Å²) in [5.41, 5.74) is 2.41. The van der Waals surface area contributed by atoms with Gasteiger partial charge < -0.3 is 0 Å². The molecule has 0 aliphatic carbocycles. The van der Waals surface area contributed by atoms with Crippen LogP contribution in [0, 0.1) is 30.8 Å². The normalized spacial score (nSPS) is 12.7. The van der Waals surface area contributed by atoms with Crippen LogP contribution < -0.4 is 10.7 Å². The summed E-state index contributed by atoms with van der Waals surface area (Å²) in [6, 6.07) is 23.1. The number of rotatable bonds is 1. The zero-order chi connectivity index (χ0) is 23.4. The molecule has 0 N–H and O–H groups in total. The average Bonchev–Trinajstić information content (AvgIpc) is 3.32. The number of fused-ring (bicyclic) bond motifs is 6. The monoisotopic (exact) mass is 438 g/mol. The van der Waals surface area contributed by atoms with E-state index in [2.05, 4.69) is 21.1 Å². The maximum absolute atomic E-state index is 13.8. The highest BCUT2D eigenvalue weighted by Gasteiger charge is 2.16. The minimum atomic E-state index is -0.239. The fourth-order valence-electron chi connectivity index (χ4n) is 4.96. The zero-order valence-corrected chi connectivity index (χ0v) is 18.1. The fraction of sp³-hybridized carbons (Fsp3) is 0.0345. The fourth-order valence-corrected chi connectivity index (χ4v) is 4.96. The van der Waals surface area contributed by atoms with Gasteiger partial charge in [0, 0.05) is 21.5 Å². The average molecular weight is 438 g/mol. The first-order chi connectivity index (χ1) is 16.6. The van der Waals surface area contributed by atoms with Crippen LogP contribution in [-0.4, -0.2) is 0 Å². The minimum Gasteiger partial charge on any atom is -0.207 e. The van der Waals surface area contributed by atoms with Crippen LogP contribution >= 0.6 is 0 Å². The summed E-state index contributed by atoms with van der Waals surface area (Å²) in [5, 5.41) is 22.2. The number of aryl methyl sites for hydroxylation is 1. The van der Waals surface area contributed by atoms with Gasteiger partial charge in [0.2, 0.25) is 6.19 Å². The van der Waals surface area contributed by atoms with E-state index in [0.29, 0.717) is 16.3 Å². The molecule has 158 valence electrons. The van der Waals surface area contributed by atoms with Gasteiger partial charge in [0.15, 0.2) is 5.36 Å². The third-order valence-corrected chi connectivity index (χ3v) is 6.51. The Morgan fingerprint density at radius 3 is 2.06 bits per heavy atom. The summed E-state index contributed by atoms with van der Waals surface area (Å²) < 4.78 is 13.8. The molecule has 0 radical (unpaired) electrons. The molecule has 0 aromatic heterocycles. The Bertz CT molecular complexity index is 2010. The van der Waals surface area contributed by atoms with Crippen LogP contribution in [0.3, 0.4) is 0 Å². The van der Waals surface area contributed by atoms with Crippen LogP contribution in [0.1, 0.15) is 5.56 Å². The first-order valence-corrected chi connectivity index (χ1v) is 10.7. The van der Waals surface area contributed by atoms with Crippen LogP contribution in [0.5, 0.6) is 0 Å². The third-order valence-electron chi connectivity index (χ3n) is 6.51. The molecule has 0 fully saturated rings.